The first-order valence-electron chi connectivity index (χ1n) is 42.7. The van der Waals surface area contributed by atoms with Crippen molar-refractivity contribution < 1.29 is 42.1 Å². The Kier molecular flexibility index (Phi) is 76.5. The topological polar surface area (TPSA) is 108 Å². The highest BCUT2D eigenvalue weighted by molar-refractivity contribution is 7.47. The minimum absolute atomic E-state index is 0.0340. The van der Waals surface area contributed by atoms with Gasteiger partial charge in [-0.15, -0.1) is 0 Å². The number of quaternary nitrogens is 1. The van der Waals surface area contributed by atoms with Crippen molar-refractivity contribution in [3.8, 4) is 0 Å². The van der Waals surface area contributed by atoms with Crippen LogP contribution in [0.25, 0.3) is 0 Å². The third-order valence-electron chi connectivity index (χ3n) is 19.2. The molecule has 0 aliphatic heterocycles. The quantitative estimate of drug-likeness (QED) is 0.0211. The molecule has 10 heteroatoms. The number of phosphoric ester groups is 1. The van der Waals surface area contributed by atoms with E-state index in [4.69, 9.17) is 18.5 Å². The fourth-order valence-corrected chi connectivity index (χ4v) is 13.5. The fourth-order valence-electron chi connectivity index (χ4n) is 12.8. The van der Waals surface area contributed by atoms with Crippen LogP contribution in [-0.4, -0.2) is 74.9 Å². The van der Waals surface area contributed by atoms with Gasteiger partial charge in [-0.25, -0.2) is 4.57 Å². The number of ether oxygens (including phenoxy) is 2. The Bertz CT molecular complexity index is 1890. The monoisotopic (exact) mass is 1400 g/mol. The molecule has 0 amide bonds. The van der Waals surface area contributed by atoms with Crippen LogP contribution in [0, 0.1) is 0 Å². The minimum atomic E-state index is -4.40. The molecule has 9 nitrogen and oxygen atoms in total. The molecular weight excluding hydrogens is 1230 g/mol. The molecular formula is C88H165NO8P+. The van der Waals surface area contributed by atoms with E-state index in [1.807, 2.05) is 21.1 Å². The summed E-state index contributed by atoms with van der Waals surface area (Å²) in [5.74, 6) is -0.772. The number of hydrogen-bond donors (Lipinski definition) is 1. The van der Waals surface area contributed by atoms with Gasteiger partial charge in [0, 0.05) is 12.8 Å². The molecule has 0 fully saturated rings. The van der Waals surface area contributed by atoms with Crippen LogP contribution in [0.3, 0.4) is 0 Å². The lowest BCUT2D eigenvalue weighted by atomic mass is 10.0. The lowest BCUT2D eigenvalue weighted by molar-refractivity contribution is -0.870. The molecule has 0 aliphatic rings. The van der Waals surface area contributed by atoms with Crippen LogP contribution in [0.4, 0.5) is 0 Å². The second-order valence-electron chi connectivity index (χ2n) is 30.2. The summed E-state index contributed by atoms with van der Waals surface area (Å²) in [6, 6.07) is 0. The van der Waals surface area contributed by atoms with Gasteiger partial charge in [0.15, 0.2) is 6.10 Å². The highest BCUT2D eigenvalue weighted by Crippen LogP contribution is 2.43. The van der Waals surface area contributed by atoms with Gasteiger partial charge in [0.1, 0.15) is 19.8 Å². The zero-order valence-corrected chi connectivity index (χ0v) is 66.7. The maximum Gasteiger partial charge on any atom is 0.472 e. The predicted molar refractivity (Wildman–Crippen MR) is 427 cm³/mol. The van der Waals surface area contributed by atoms with Crippen molar-refractivity contribution in [1.82, 2.24) is 0 Å². The fraction of sp³-hybridized carbons (Fsp3) is 0.841. The Hall–Kier alpha value is -2.55. The van der Waals surface area contributed by atoms with Crippen molar-refractivity contribution in [3.05, 3.63) is 72.9 Å². The van der Waals surface area contributed by atoms with E-state index in [1.165, 1.54) is 327 Å². The Balaban J connectivity index is 3.88. The summed E-state index contributed by atoms with van der Waals surface area (Å²) in [7, 11) is 1.50. The average molecular weight is 1400 g/mol. The summed E-state index contributed by atoms with van der Waals surface area (Å²) >= 11 is 0. The largest absolute Gasteiger partial charge is 0.472 e. The summed E-state index contributed by atoms with van der Waals surface area (Å²) in [6.45, 7) is 4.39. The summed E-state index contributed by atoms with van der Waals surface area (Å²) < 4.78 is 34.9. The maximum atomic E-state index is 12.9. The Morgan fingerprint density at radius 2 is 0.582 bits per heavy atom. The predicted octanol–water partition coefficient (Wildman–Crippen LogP) is 28.6. The van der Waals surface area contributed by atoms with Gasteiger partial charge in [0.05, 0.1) is 27.7 Å². The lowest BCUT2D eigenvalue weighted by Crippen LogP contribution is -2.37. The molecule has 0 aromatic heterocycles. The third-order valence-corrected chi connectivity index (χ3v) is 20.2. The Morgan fingerprint density at radius 1 is 0.327 bits per heavy atom. The van der Waals surface area contributed by atoms with Gasteiger partial charge < -0.3 is 18.9 Å². The zero-order valence-electron chi connectivity index (χ0n) is 65.8. The van der Waals surface area contributed by atoms with Crippen molar-refractivity contribution in [1.29, 1.82) is 0 Å². The molecule has 0 aromatic carbocycles. The summed E-state index contributed by atoms with van der Waals surface area (Å²) in [5, 5.41) is 0. The van der Waals surface area contributed by atoms with Crippen LogP contribution in [0.15, 0.2) is 72.9 Å². The van der Waals surface area contributed by atoms with E-state index in [2.05, 4.69) is 86.8 Å². The van der Waals surface area contributed by atoms with Crippen LogP contribution < -0.4 is 0 Å². The number of phosphoric acid groups is 1. The van der Waals surface area contributed by atoms with E-state index < -0.39 is 26.5 Å². The van der Waals surface area contributed by atoms with Gasteiger partial charge in [0.25, 0.3) is 0 Å². The van der Waals surface area contributed by atoms with Crippen LogP contribution in [0.5, 0.6) is 0 Å². The third kappa shape index (κ3) is 82.4. The zero-order chi connectivity index (χ0) is 71.1. The highest BCUT2D eigenvalue weighted by atomic mass is 31.2. The van der Waals surface area contributed by atoms with Crippen molar-refractivity contribution in [2.75, 3.05) is 47.5 Å². The van der Waals surface area contributed by atoms with E-state index in [1.54, 1.807) is 0 Å². The molecule has 2 unspecified atom stereocenters. The molecule has 2 atom stereocenters. The molecule has 1 N–H and O–H groups in total. The first-order chi connectivity index (χ1) is 48.0. The summed E-state index contributed by atoms with van der Waals surface area (Å²) in [6.07, 6.45) is 108. The molecule has 0 spiro atoms. The molecule has 0 heterocycles. The van der Waals surface area contributed by atoms with Gasteiger partial charge >= 0.3 is 19.8 Å². The Labute approximate surface area is 609 Å². The lowest BCUT2D eigenvalue weighted by Gasteiger charge is -2.24. The summed E-state index contributed by atoms with van der Waals surface area (Å²) in [4.78, 5) is 36.0. The number of carbonyl (C=O) groups excluding carboxylic acids is 2. The van der Waals surface area contributed by atoms with Crippen molar-refractivity contribution >= 4 is 19.8 Å². The van der Waals surface area contributed by atoms with Crippen LogP contribution in [0.1, 0.15) is 425 Å². The number of likely N-dealkylation sites (N-methyl/N-ethyl adjacent to an activating group) is 1. The SMILES string of the molecule is CC/C=C\C/C=C\C/C=C\C/C=C\C/C=C\CCCCCCCCCCCCCCCCCCCCCCCCCC(=O)OC(COC(=O)CCCCCCCCCCCCCCCCCCCCCCCCC/C=C\CCCCCCCCCC)COP(=O)(O)OCC[N+](C)(C)C. The van der Waals surface area contributed by atoms with Crippen LogP contribution in [-0.2, 0) is 32.7 Å². The second kappa shape index (κ2) is 78.6. The number of rotatable bonds is 80. The number of esters is 2. The van der Waals surface area contributed by atoms with Crippen molar-refractivity contribution in [3.63, 3.8) is 0 Å². The van der Waals surface area contributed by atoms with E-state index >= 15 is 0 Å². The first-order valence-corrected chi connectivity index (χ1v) is 44.2. The number of hydrogen-bond acceptors (Lipinski definition) is 7. The Morgan fingerprint density at radius 3 is 0.878 bits per heavy atom. The smallest absolute Gasteiger partial charge is 0.462 e. The minimum Gasteiger partial charge on any atom is -0.462 e. The number of carbonyl (C=O) groups is 2. The molecule has 0 radical (unpaired) electrons. The van der Waals surface area contributed by atoms with Crippen LogP contribution in [0.2, 0.25) is 0 Å². The second-order valence-corrected chi connectivity index (χ2v) is 31.6. The molecule has 0 saturated heterocycles. The standard InChI is InChI=1S/C88H164NO8P/c1-6-8-10-12-14-16-18-20-22-24-26-28-30-32-34-36-38-40-42-43-44-45-47-49-51-53-55-57-59-61-63-65-67-69-71-73-75-77-79-81-88(91)97-86(85-96-98(92,93)95-83-82-89(3,4)5)84-94-87(90)80-78-76-74-72-70-68-66-64-62-60-58-56-54-52-50-48-46-41-39-37-35-33-31-29-27-25-23-21-19-17-15-13-11-9-7-2/h8,10,14,16,20,22,25-28,32,34,86H,6-7,9,11-13,15,17-19,21,23-24,29-31,33,35-85H2,1-5H3/p+1/b10-8-,16-14-,22-20-,27-25-,28-26-,34-32-. The van der Waals surface area contributed by atoms with E-state index in [0.717, 1.165) is 64.2 Å². The van der Waals surface area contributed by atoms with Gasteiger partial charge in [-0.05, 0) is 83.5 Å². The molecule has 574 valence electrons. The molecule has 0 rings (SSSR count). The molecule has 0 aromatic rings. The summed E-state index contributed by atoms with van der Waals surface area (Å²) in [5.41, 5.74) is 0. The molecule has 0 aliphatic carbocycles. The van der Waals surface area contributed by atoms with Crippen molar-refractivity contribution in [2.45, 2.75) is 431 Å². The number of allylic oxidation sites excluding steroid dienone is 12. The van der Waals surface area contributed by atoms with Gasteiger partial charge in [0.2, 0.25) is 0 Å². The molecule has 0 saturated carbocycles. The van der Waals surface area contributed by atoms with Crippen LogP contribution >= 0.6 is 7.82 Å². The van der Waals surface area contributed by atoms with E-state index in [9.17, 15) is 19.0 Å². The van der Waals surface area contributed by atoms with Crippen molar-refractivity contribution in [2.24, 2.45) is 0 Å². The number of unbranched alkanes of at least 4 members (excludes halogenated alkanes) is 54. The van der Waals surface area contributed by atoms with Gasteiger partial charge in [-0.1, -0.05) is 401 Å². The number of nitrogens with zero attached hydrogens (tertiary/aromatic N) is 1. The van der Waals surface area contributed by atoms with Gasteiger partial charge in [-0.2, -0.15) is 0 Å². The highest BCUT2D eigenvalue weighted by Gasteiger charge is 2.27. The normalized spacial score (nSPS) is 13.3. The average Bonchev–Trinajstić information content (AvgIpc) is 1.23. The van der Waals surface area contributed by atoms with E-state index in [-0.39, 0.29) is 25.6 Å². The molecule has 0 bridgehead atoms. The van der Waals surface area contributed by atoms with Gasteiger partial charge in [-0.3, -0.25) is 18.6 Å². The maximum absolute atomic E-state index is 12.9. The van der Waals surface area contributed by atoms with E-state index in [0.29, 0.717) is 23.9 Å². The molecule has 98 heavy (non-hydrogen) atoms. The first kappa shape index (κ1) is 95.5.